The third-order valence-electron chi connectivity index (χ3n) is 6.39. The van der Waals surface area contributed by atoms with Gasteiger partial charge in [0.25, 0.3) is 11.8 Å². The Bertz CT molecular complexity index is 1220. The largest absolute Gasteiger partial charge is 0.497 e. The number of amides is 2. The predicted octanol–water partition coefficient (Wildman–Crippen LogP) is 4.66. The molecule has 0 aliphatic heterocycles. The van der Waals surface area contributed by atoms with Crippen LogP contribution in [0, 0.1) is 0 Å². The fourth-order valence-electron chi connectivity index (χ4n) is 4.40. The highest BCUT2D eigenvalue weighted by molar-refractivity contribution is 6.01. The van der Waals surface area contributed by atoms with E-state index in [4.69, 9.17) is 4.74 Å². The number of methoxy groups -OCH3 is 1. The van der Waals surface area contributed by atoms with Gasteiger partial charge in [-0.1, -0.05) is 62.4 Å². The standard InChI is InChI=1S/C32H39N3O4/c1-4-17-35(18-5-2)32(38)27-15-10-14-26(21-27)31(37)34-29(20-24-11-7-6-8-12-24)30(36)23-33-22-25-13-9-16-28(19-25)39-3/h6-16,19,21,29,33H,4-5,17-18,20,22-23H2,1-3H3,(H,34,37)/t29-/m0/s1. The third-order valence-corrected chi connectivity index (χ3v) is 6.39. The van der Waals surface area contributed by atoms with Gasteiger partial charge in [0.15, 0.2) is 5.78 Å². The topological polar surface area (TPSA) is 87.7 Å². The second kappa shape index (κ2) is 15.4. The molecular weight excluding hydrogens is 490 g/mol. The van der Waals surface area contributed by atoms with E-state index in [2.05, 4.69) is 10.6 Å². The van der Waals surface area contributed by atoms with Crippen molar-refractivity contribution in [1.29, 1.82) is 0 Å². The van der Waals surface area contributed by atoms with E-state index >= 15 is 0 Å². The second-order valence-electron chi connectivity index (χ2n) is 9.51. The van der Waals surface area contributed by atoms with Crippen LogP contribution in [0.1, 0.15) is 58.5 Å². The predicted molar refractivity (Wildman–Crippen MR) is 154 cm³/mol. The minimum atomic E-state index is -0.728. The summed E-state index contributed by atoms with van der Waals surface area (Å²) in [6, 6.07) is 23.2. The van der Waals surface area contributed by atoms with Crippen molar-refractivity contribution >= 4 is 17.6 Å². The number of hydrogen-bond donors (Lipinski definition) is 2. The summed E-state index contributed by atoms with van der Waals surface area (Å²) < 4.78 is 5.27. The zero-order valence-electron chi connectivity index (χ0n) is 23.1. The minimum Gasteiger partial charge on any atom is -0.497 e. The molecule has 7 nitrogen and oxygen atoms in total. The van der Waals surface area contributed by atoms with Gasteiger partial charge in [0.1, 0.15) is 5.75 Å². The number of nitrogens with one attached hydrogen (secondary N) is 2. The number of rotatable bonds is 15. The van der Waals surface area contributed by atoms with Gasteiger partial charge in [0, 0.05) is 30.8 Å². The molecule has 1 atom stereocenters. The molecule has 3 aromatic rings. The summed E-state index contributed by atoms with van der Waals surface area (Å²) >= 11 is 0. The number of ether oxygens (including phenoxy) is 1. The molecule has 39 heavy (non-hydrogen) atoms. The minimum absolute atomic E-state index is 0.0907. The van der Waals surface area contributed by atoms with Gasteiger partial charge in [-0.05, 0) is 60.7 Å². The van der Waals surface area contributed by atoms with Crippen molar-refractivity contribution in [2.75, 3.05) is 26.7 Å². The molecule has 7 heteroatoms. The molecule has 206 valence electrons. The van der Waals surface area contributed by atoms with E-state index in [-0.39, 0.29) is 24.1 Å². The van der Waals surface area contributed by atoms with Crippen LogP contribution in [0.5, 0.6) is 5.75 Å². The van der Waals surface area contributed by atoms with Gasteiger partial charge >= 0.3 is 0 Å². The van der Waals surface area contributed by atoms with Crippen molar-refractivity contribution < 1.29 is 19.1 Å². The molecule has 0 saturated carbocycles. The van der Waals surface area contributed by atoms with Gasteiger partial charge in [-0.2, -0.15) is 0 Å². The van der Waals surface area contributed by atoms with Gasteiger partial charge in [0.2, 0.25) is 0 Å². The van der Waals surface area contributed by atoms with Crippen LogP contribution in [0.15, 0.2) is 78.9 Å². The van der Waals surface area contributed by atoms with Crippen LogP contribution < -0.4 is 15.4 Å². The van der Waals surface area contributed by atoms with Crippen LogP contribution >= 0.6 is 0 Å². The maximum Gasteiger partial charge on any atom is 0.253 e. The lowest BCUT2D eigenvalue weighted by molar-refractivity contribution is -0.120. The number of carbonyl (C=O) groups is 3. The van der Waals surface area contributed by atoms with Crippen molar-refractivity contribution in [2.24, 2.45) is 0 Å². The Morgan fingerprint density at radius 1 is 0.821 bits per heavy atom. The molecule has 3 rings (SSSR count). The lowest BCUT2D eigenvalue weighted by atomic mass is 10.0. The number of benzene rings is 3. The Morgan fingerprint density at radius 3 is 2.18 bits per heavy atom. The lowest BCUT2D eigenvalue weighted by Crippen LogP contribution is -2.45. The molecule has 0 spiro atoms. The zero-order chi connectivity index (χ0) is 28.0. The van der Waals surface area contributed by atoms with Gasteiger partial charge in [0.05, 0.1) is 19.7 Å². The Labute approximate surface area is 231 Å². The molecule has 0 fully saturated rings. The fraction of sp³-hybridized carbons (Fsp3) is 0.344. The highest BCUT2D eigenvalue weighted by atomic mass is 16.5. The smallest absolute Gasteiger partial charge is 0.253 e. The normalized spacial score (nSPS) is 11.5. The monoisotopic (exact) mass is 529 g/mol. The number of hydrogen-bond acceptors (Lipinski definition) is 5. The summed E-state index contributed by atoms with van der Waals surface area (Å²) in [5.74, 6) is 0.152. The van der Waals surface area contributed by atoms with Crippen molar-refractivity contribution in [3.05, 3.63) is 101 Å². The molecule has 0 heterocycles. The van der Waals surface area contributed by atoms with Gasteiger partial charge in [-0.3, -0.25) is 14.4 Å². The molecule has 0 aliphatic carbocycles. The quantitative estimate of drug-likeness (QED) is 0.299. The van der Waals surface area contributed by atoms with Crippen molar-refractivity contribution in [3.63, 3.8) is 0 Å². The molecule has 0 aromatic heterocycles. The molecule has 3 aromatic carbocycles. The summed E-state index contributed by atoms with van der Waals surface area (Å²) in [5.41, 5.74) is 2.76. The van der Waals surface area contributed by atoms with E-state index in [9.17, 15) is 14.4 Å². The first-order valence-corrected chi connectivity index (χ1v) is 13.6. The van der Waals surface area contributed by atoms with Gasteiger partial charge < -0.3 is 20.3 Å². The van der Waals surface area contributed by atoms with Crippen LogP contribution in [0.4, 0.5) is 0 Å². The first-order chi connectivity index (χ1) is 18.9. The fourth-order valence-corrected chi connectivity index (χ4v) is 4.40. The summed E-state index contributed by atoms with van der Waals surface area (Å²) in [7, 11) is 1.62. The SMILES string of the molecule is CCCN(CCC)C(=O)c1cccc(C(=O)N[C@@H](Cc2ccccc2)C(=O)CNCc2cccc(OC)c2)c1. The van der Waals surface area contributed by atoms with E-state index in [1.54, 1.807) is 31.4 Å². The molecular formula is C32H39N3O4. The van der Waals surface area contributed by atoms with E-state index in [0.717, 1.165) is 29.7 Å². The van der Waals surface area contributed by atoms with E-state index in [0.29, 0.717) is 37.2 Å². The Kier molecular flexibility index (Phi) is 11.7. The van der Waals surface area contributed by atoms with Crippen LogP contribution in [0.2, 0.25) is 0 Å². The summed E-state index contributed by atoms with van der Waals surface area (Å²) in [6.07, 6.45) is 2.09. The molecule has 0 bridgehead atoms. The van der Waals surface area contributed by atoms with Gasteiger partial charge in [-0.15, -0.1) is 0 Å². The van der Waals surface area contributed by atoms with Crippen LogP contribution in [0.25, 0.3) is 0 Å². The highest BCUT2D eigenvalue weighted by Crippen LogP contribution is 2.13. The van der Waals surface area contributed by atoms with Crippen molar-refractivity contribution in [3.8, 4) is 5.75 Å². The maximum atomic E-state index is 13.3. The Hall–Kier alpha value is -3.97. The van der Waals surface area contributed by atoms with Crippen LogP contribution in [-0.2, 0) is 17.8 Å². The third kappa shape index (κ3) is 9.07. The van der Waals surface area contributed by atoms with E-state index in [1.165, 1.54) is 0 Å². The highest BCUT2D eigenvalue weighted by Gasteiger charge is 2.23. The average molecular weight is 530 g/mol. The maximum absolute atomic E-state index is 13.3. The number of carbonyl (C=O) groups excluding carboxylic acids is 3. The summed E-state index contributed by atoms with van der Waals surface area (Å²) in [5, 5.41) is 6.11. The molecule has 2 N–H and O–H groups in total. The first-order valence-electron chi connectivity index (χ1n) is 13.6. The van der Waals surface area contributed by atoms with Crippen LogP contribution in [0.3, 0.4) is 0 Å². The number of Topliss-reactive ketones (excluding diaryl/α,β-unsaturated/α-hetero) is 1. The summed E-state index contributed by atoms with van der Waals surface area (Å²) in [6.45, 7) is 5.99. The molecule has 0 unspecified atom stereocenters. The Morgan fingerprint density at radius 2 is 1.49 bits per heavy atom. The second-order valence-corrected chi connectivity index (χ2v) is 9.51. The zero-order valence-corrected chi connectivity index (χ0v) is 23.1. The molecule has 0 aliphatic rings. The van der Waals surface area contributed by atoms with Crippen molar-refractivity contribution in [2.45, 2.75) is 45.7 Å². The first kappa shape index (κ1) is 29.6. The van der Waals surface area contributed by atoms with Crippen LogP contribution in [-0.4, -0.2) is 55.3 Å². The summed E-state index contributed by atoms with van der Waals surface area (Å²) in [4.78, 5) is 41.4. The number of nitrogens with zero attached hydrogens (tertiary/aromatic N) is 1. The van der Waals surface area contributed by atoms with Gasteiger partial charge in [-0.25, -0.2) is 0 Å². The molecule has 0 radical (unpaired) electrons. The van der Waals surface area contributed by atoms with Crippen molar-refractivity contribution in [1.82, 2.24) is 15.5 Å². The lowest BCUT2D eigenvalue weighted by Gasteiger charge is -2.22. The average Bonchev–Trinajstić information content (AvgIpc) is 2.97. The molecule has 2 amide bonds. The Balaban J connectivity index is 1.71. The number of ketones is 1. The molecule has 0 saturated heterocycles. The van der Waals surface area contributed by atoms with E-state index < -0.39 is 6.04 Å². The van der Waals surface area contributed by atoms with E-state index in [1.807, 2.05) is 73.3 Å².